The van der Waals surface area contributed by atoms with Crippen LogP contribution in [0.1, 0.15) is 41.6 Å². The van der Waals surface area contributed by atoms with Crippen molar-refractivity contribution in [2.75, 3.05) is 7.05 Å². The fourth-order valence-corrected chi connectivity index (χ4v) is 3.97. The lowest BCUT2D eigenvalue weighted by Crippen LogP contribution is -2.35. The van der Waals surface area contributed by atoms with Crippen molar-refractivity contribution in [3.8, 4) is 0 Å². The van der Waals surface area contributed by atoms with E-state index in [1.54, 1.807) is 18.0 Å². The molecule has 1 aromatic heterocycles. The number of hydrogen-bond acceptors (Lipinski definition) is 3. The molecule has 5 heteroatoms. The highest BCUT2D eigenvalue weighted by Crippen LogP contribution is 2.25. The highest BCUT2D eigenvalue weighted by atomic mass is 32.2. The third kappa shape index (κ3) is 3.78. The third-order valence-corrected chi connectivity index (χ3v) is 5.64. The van der Waals surface area contributed by atoms with Gasteiger partial charge in [-0.3, -0.25) is 4.79 Å². The van der Waals surface area contributed by atoms with E-state index in [0.29, 0.717) is 6.04 Å². The van der Waals surface area contributed by atoms with Crippen molar-refractivity contribution in [1.82, 2.24) is 14.5 Å². The van der Waals surface area contributed by atoms with Gasteiger partial charge in [0.15, 0.2) is 5.16 Å². The van der Waals surface area contributed by atoms with Crippen LogP contribution in [0.25, 0.3) is 0 Å². The summed E-state index contributed by atoms with van der Waals surface area (Å²) in [5, 5.41) is 0.991. The van der Waals surface area contributed by atoms with Crippen LogP contribution in [0.15, 0.2) is 41.8 Å². The van der Waals surface area contributed by atoms with Gasteiger partial charge in [0.2, 0.25) is 0 Å². The molecule has 0 radical (unpaired) electrons. The lowest BCUT2D eigenvalue weighted by molar-refractivity contribution is 0.0735. The van der Waals surface area contributed by atoms with E-state index in [2.05, 4.69) is 11.1 Å². The monoisotopic (exact) mass is 329 g/mol. The largest absolute Gasteiger partial charge is 0.339 e. The second-order valence-corrected chi connectivity index (χ2v) is 7.11. The van der Waals surface area contributed by atoms with Gasteiger partial charge in [0.1, 0.15) is 0 Å². The Morgan fingerprint density at radius 3 is 2.87 bits per heavy atom. The molecule has 0 saturated heterocycles. The molecule has 1 aliphatic carbocycles. The Kier molecular flexibility index (Phi) is 5.06. The predicted octanol–water partition coefficient (Wildman–Crippen LogP) is 3.73. The molecular formula is C18H23N3OS. The van der Waals surface area contributed by atoms with Gasteiger partial charge in [0, 0.05) is 43.8 Å². The minimum absolute atomic E-state index is 0.140. The van der Waals surface area contributed by atoms with Gasteiger partial charge in [0.05, 0.1) is 0 Å². The van der Waals surface area contributed by atoms with Gasteiger partial charge in [-0.05, 0) is 30.5 Å². The summed E-state index contributed by atoms with van der Waals surface area (Å²) < 4.78 is 2.01. The quantitative estimate of drug-likeness (QED) is 0.785. The summed E-state index contributed by atoms with van der Waals surface area (Å²) in [4.78, 5) is 18.9. The molecule has 0 aliphatic heterocycles. The summed E-state index contributed by atoms with van der Waals surface area (Å²) in [6.07, 6.45) is 8.50. The Bertz CT molecular complexity index is 676. The van der Waals surface area contributed by atoms with Crippen LogP contribution in [0, 0.1) is 0 Å². The van der Waals surface area contributed by atoms with E-state index >= 15 is 0 Å². The first-order chi connectivity index (χ1) is 11.1. The fraction of sp³-hybridized carbons (Fsp3) is 0.444. The second-order valence-electron chi connectivity index (χ2n) is 6.16. The van der Waals surface area contributed by atoms with E-state index in [1.165, 1.54) is 12.8 Å². The molecule has 4 nitrogen and oxygen atoms in total. The van der Waals surface area contributed by atoms with Crippen LogP contribution in [0.5, 0.6) is 0 Å². The maximum atomic E-state index is 12.7. The molecule has 1 fully saturated rings. The van der Waals surface area contributed by atoms with Crippen LogP contribution >= 0.6 is 11.8 Å². The van der Waals surface area contributed by atoms with Crippen molar-refractivity contribution in [3.05, 3.63) is 47.8 Å². The van der Waals surface area contributed by atoms with Crippen LogP contribution in [0.4, 0.5) is 0 Å². The molecule has 2 aromatic rings. The average Bonchev–Trinajstić information content (AvgIpc) is 3.23. The Labute approximate surface area is 141 Å². The second kappa shape index (κ2) is 7.21. The van der Waals surface area contributed by atoms with E-state index in [4.69, 9.17) is 0 Å². The zero-order valence-corrected chi connectivity index (χ0v) is 14.6. The predicted molar refractivity (Wildman–Crippen MR) is 93.6 cm³/mol. The van der Waals surface area contributed by atoms with E-state index in [-0.39, 0.29) is 5.91 Å². The number of aromatic nitrogens is 2. The van der Waals surface area contributed by atoms with Gasteiger partial charge in [-0.1, -0.05) is 36.7 Å². The Hall–Kier alpha value is -1.75. The maximum Gasteiger partial charge on any atom is 0.253 e. The molecule has 0 spiro atoms. The number of hydrogen-bond donors (Lipinski definition) is 0. The fourth-order valence-electron chi connectivity index (χ4n) is 3.09. The van der Waals surface area contributed by atoms with Gasteiger partial charge < -0.3 is 9.47 Å². The van der Waals surface area contributed by atoms with Gasteiger partial charge in [-0.2, -0.15) is 0 Å². The first-order valence-electron chi connectivity index (χ1n) is 8.11. The molecule has 23 heavy (non-hydrogen) atoms. The molecule has 1 saturated carbocycles. The zero-order chi connectivity index (χ0) is 16.2. The van der Waals surface area contributed by atoms with Gasteiger partial charge in [-0.25, -0.2) is 4.98 Å². The van der Waals surface area contributed by atoms with E-state index < -0.39 is 0 Å². The average molecular weight is 329 g/mol. The summed E-state index contributed by atoms with van der Waals surface area (Å²) in [6.45, 7) is 0. The summed E-state index contributed by atoms with van der Waals surface area (Å²) in [6, 6.07) is 8.40. The molecule has 122 valence electrons. The minimum atomic E-state index is 0.140. The first-order valence-corrected chi connectivity index (χ1v) is 9.10. The number of benzene rings is 1. The Morgan fingerprint density at radius 2 is 2.17 bits per heavy atom. The third-order valence-electron chi connectivity index (χ3n) is 4.51. The maximum absolute atomic E-state index is 12.7. The number of amides is 1. The van der Waals surface area contributed by atoms with E-state index in [0.717, 1.165) is 34.9 Å². The van der Waals surface area contributed by atoms with Crippen molar-refractivity contribution < 1.29 is 4.79 Å². The highest BCUT2D eigenvalue weighted by Gasteiger charge is 2.24. The van der Waals surface area contributed by atoms with Crippen LogP contribution in [-0.2, 0) is 12.8 Å². The lowest BCUT2D eigenvalue weighted by Gasteiger charge is -2.24. The van der Waals surface area contributed by atoms with Crippen molar-refractivity contribution >= 4 is 17.7 Å². The molecule has 1 heterocycles. The highest BCUT2D eigenvalue weighted by molar-refractivity contribution is 7.98. The smallest absolute Gasteiger partial charge is 0.253 e. The molecule has 0 atom stereocenters. The van der Waals surface area contributed by atoms with Crippen LogP contribution in [0.3, 0.4) is 0 Å². The molecular weight excluding hydrogens is 306 g/mol. The van der Waals surface area contributed by atoms with Crippen LogP contribution in [-0.4, -0.2) is 33.4 Å². The van der Waals surface area contributed by atoms with E-state index in [1.807, 2.05) is 48.0 Å². The molecule has 1 aromatic carbocycles. The SMILES string of the molecule is CN(C(=O)c1cccc(CSc2nccn2C)c1)C1CCCC1. The minimum Gasteiger partial charge on any atom is -0.339 e. The summed E-state index contributed by atoms with van der Waals surface area (Å²) >= 11 is 1.69. The van der Waals surface area contributed by atoms with Gasteiger partial charge in [-0.15, -0.1) is 0 Å². The van der Waals surface area contributed by atoms with Gasteiger partial charge >= 0.3 is 0 Å². The van der Waals surface area contributed by atoms with E-state index in [9.17, 15) is 4.79 Å². The summed E-state index contributed by atoms with van der Waals surface area (Å²) in [5.41, 5.74) is 1.95. The first kappa shape index (κ1) is 16.1. The van der Waals surface area contributed by atoms with Crippen molar-refractivity contribution in [3.63, 3.8) is 0 Å². The number of carbonyl (C=O) groups is 1. The molecule has 1 aliphatic rings. The van der Waals surface area contributed by atoms with Crippen molar-refractivity contribution in [1.29, 1.82) is 0 Å². The molecule has 1 amide bonds. The van der Waals surface area contributed by atoms with Crippen molar-refractivity contribution in [2.24, 2.45) is 7.05 Å². The number of imidazole rings is 1. The number of carbonyl (C=O) groups excluding carboxylic acids is 1. The number of nitrogens with zero attached hydrogens (tertiary/aromatic N) is 3. The number of thioether (sulfide) groups is 1. The Morgan fingerprint density at radius 1 is 1.39 bits per heavy atom. The molecule has 0 bridgehead atoms. The van der Waals surface area contributed by atoms with Crippen LogP contribution < -0.4 is 0 Å². The lowest BCUT2D eigenvalue weighted by atomic mass is 10.1. The number of rotatable bonds is 5. The topological polar surface area (TPSA) is 38.1 Å². The standard InChI is InChI=1S/C18H23N3OS/c1-20-11-10-19-18(20)23-13-14-6-5-7-15(12-14)17(22)21(2)16-8-3-4-9-16/h5-7,10-12,16H,3-4,8-9,13H2,1-2H3. The number of aryl methyl sites for hydroxylation is 1. The Balaban J connectivity index is 1.66. The molecule has 3 rings (SSSR count). The normalized spacial score (nSPS) is 15.0. The van der Waals surface area contributed by atoms with Crippen LogP contribution in [0.2, 0.25) is 0 Å². The van der Waals surface area contributed by atoms with Crippen molar-refractivity contribution in [2.45, 2.75) is 42.6 Å². The molecule has 0 N–H and O–H groups in total. The summed E-state index contributed by atoms with van der Waals surface area (Å²) in [7, 11) is 3.93. The molecule has 0 unspecified atom stereocenters. The van der Waals surface area contributed by atoms with Gasteiger partial charge in [0.25, 0.3) is 5.91 Å². The summed E-state index contributed by atoms with van der Waals surface area (Å²) in [5.74, 6) is 0.958. The zero-order valence-electron chi connectivity index (χ0n) is 13.7.